The topological polar surface area (TPSA) is 26.0 Å². The number of nitrogens with two attached hydrogens (primary N) is 1. The van der Waals surface area contributed by atoms with Gasteiger partial charge >= 0.3 is 0 Å². The van der Waals surface area contributed by atoms with Crippen LogP contribution in [0.4, 0.5) is 0 Å². The summed E-state index contributed by atoms with van der Waals surface area (Å²) in [5.41, 5.74) is 6.03. The molecule has 0 aromatic carbocycles. The van der Waals surface area contributed by atoms with E-state index in [1.165, 1.54) is 17.7 Å². The number of thiophene rings is 1. The second-order valence-electron chi connectivity index (χ2n) is 3.02. The lowest BCUT2D eigenvalue weighted by Crippen LogP contribution is -2.07. The van der Waals surface area contributed by atoms with E-state index in [-0.39, 0.29) is 18.4 Å². The fourth-order valence-corrected chi connectivity index (χ4v) is 3.24. The maximum absolute atomic E-state index is 6.03. The number of hydrogen-bond acceptors (Lipinski definition) is 2. The Balaban J connectivity index is 0.00000169. The van der Waals surface area contributed by atoms with Crippen LogP contribution in [0.25, 0.3) is 0 Å². The normalized spacial score (nSPS) is 12.3. The van der Waals surface area contributed by atoms with E-state index in [0.717, 1.165) is 14.7 Å². The molecule has 1 aromatic rings. The molecule has 0 saturated carbocycles. The van der Waals surface area contributed by atoms with Gasteiger partial charge in [0.05, 0.1) is 3.79 Å². The van der Waals surface area contributed by atoms with Crippen molar-refractivity contribution in [2.75, 3.05) is 0 Å². The number of unbranched alkanes of at least 4 members (excludes halogenated alkanes) is 1. The largest absolute Gasteiger partial charge is 0.323 e. The van der Waals surface area contributed by atoms with Crippen molar-refractivity contribution in [1.82, 2.24) is 0 Å². The molecule has 0 bridgehead atoms. The maximum atomic E-state index is 6.03. The van der Waals surface area contributed by atoms with Crippen LogP contribution >= 0.6 is 55.6 Å². The van der Waals surface area contributed by atoms with Crippen molar-refractivity contribution in [3.63, 3.8) is 0 Å². The van der Waals surface area contributed by atoms with Gasteiger partial charge in [-0.15, -0.1) is 23.7 Å². The number of halogens is 3. The summed E-state index contributed by atoms with van der Waals surface area (Å²) in [7, 11) is 0. The lowest BCUT2D eigenvalue weighted by atomic mass is 10.1. The van der Waals surface area contributed by atoms with E-state index < -0.39 is 0 Å². The average molecular weight is 364 g/mol. The highest BCUT2D eigenvalue weighted by atomic mass is 79.9. The quantitative estimate of drug-likeness (QED) is 0.810. The van der Waals surface area contributed by atoms with Gasteiger partial charge in [-0.2, -0.15) is 0 Å². The molecule has 0 aliphatic carbocycles. The molecule has 0 spiro atoms. The van der Waals surface area contributed by atoms with E-state index in [1.54, 1.807) is 11.3 Å². The molecule has 1 aromatic heterocycles. The Kier molecular flexibility index (Phi) is 7.70. The summed E-state index contributed by atoms with van der Waals surface area (Å²) in [6.45, 7) is 2.19. The molecule has 5 heteroatoms. The summed E-state index contributed by atoms with van der Waals surface area (Å²) >= 11 is 8.65. The van der Waals surface area contributed by atoms with Crippen molar-refractivity contribution in [3.05, 3.63) is 19.2 Å². The van der Waals surface area contributed by atoms with Gasteiger partial charge < -0.3 is 5.73 Å². The first-order valence-corrected chi connectivity index (χ1v) is 6.75. The van der Waals surface area contributed by atoms with Crippen molar-refractivity contribution < 1.29 is 0 Å². The van der Waals surface area contributed by atoms with E-state index in [0.29, 0.717) is 0 Å². The van der Waals surface area contributed by atoms with Crippen molar-refractivity contribution in [2.45, 2.75) is 32.2 Å². The summed E-state index contributed by atoms with van der Waals surface area (Å²) in [6, 6.07) is 2.31. The second kappa shape index (κ2) is 7.23. The Morgan fingerprint density at radius 3 is 2.57 bits per heavy atom. The lowest BCUT2D eigenvalue weighted by molar-refractivity contribution is 0.611. The molecular weight excluding hydrogens is 349 g/mol. The predicted molar refractivity (Wildman–Crippen MR) is 73.4 cm³/mol. The summed E-state index contributed by atoms with van der Waals surface area (Å²) in [5.74, 6) is 0. The van der Waals surface area contributed by atoms with Gasteiger partial charge in [0.2, 0.25) is 0 Å². The zero-order chi connectivity index (χ0) is 9.84. The smallest absolute Gasteiger partial charge is 0.0843 e. The van der Waals surface area contributed by atoms with Crippen molar-refractivity contribution >= 4 is 55.6 Å². The van der Waals surface area contributed by atoms with Crippen LogP contribution in [0, 0.1) is 0 Å². The molecule has 0 aliphatic rings. The SMILES string of the molecule is CCCC[C@@H](N)c1cc(Br)c(Br)s1.Cl. The Labute approximate surface area is 112 Å². The summed E-state index contributed by atoms with van der Waals surface area (Å²) < 4.78 is 2.24. The highest BCUT2D eigenvalue weighted by Gasteiger charge is 2.10. The first-order chi connectivity index (χ1) is 6.15. The molecule has 14 heavy (non-hydrogen) atoms. The van der Waals surface area contributed by atoms with Gasteiger partial charge in [-0.3, -0.25) is 0 Å². The summed E-state index contributed by atoms with van der Waals surface area (Å²) in [4.78, 5) is 1.26. The molecule has 0 aliphatic heterocycles. The Bertz CT molecular complexity index is 258. The minimum absolute atomic E-state index is 0. The molecule has 0 fully saturated rings. The van der Waals surface area contributed by atoms with Crippen LogP contribution < -0.4 is 5.73 Å². The monoisotopic (exact) mass is 361 g/mol. The molecule has 0 radical (unpaired) electrons. The van der Waals surface area contributed by atoms with E-state index in [2.05, 4.69) is 44.8 Å². The van der Waals surface area contributed by atoms with Crippen LogP contribution in [0.2, 0.25) is 0 Å². The second-order valence-corrected chi connectivity index (χ2v) is 6.28. The average Bonchev–Trinajstić information content (AvgIpc) is 2.43. The van der Waals surface area contributed by atoms with Crippen LogP contribution in [0.3, 0.4) is 0 Å². The number of rotatable bonds is 4. The van der Waals surface area contributed by atoms with Crippen LogP contribution in [0.15, 0.2) is 14.3 Å². The van der Waals surface area contributed by atoms with E-state index in [4.69, 9.17) is 5.73 Å². The number of hydrogen-bond donors (Lipinski definition) is 1. The van der Waals surface area contributed by atoms with Gasteiger partial charge in [-0.05, 0) is 44.3 Å². The van der Waals surface area contributed by atoms with Gasteiger partial charge in [0.1, 0.15) is 0 Å². The highest BCUT2D eigenvalue weighted by Crippen LogP contribution is 2.35. The van der Waals surface area contributed by atoms with Gasteiger partial charge in [-0.1, -0.05) is 19.8 Å². The van der Waals surface area contributed by atoms with E-state index in [1.807, 2.05) is 0 Å². The van der Waals surface area contributed by atoms with Gasteiger partial charge in [-0.25, -0.2) is 0 Å². The first-order valence-electron chi connectivity index (χ1n) is 4.35. The van der Waals surface area contributed by atoms with Crippen LogP contribution in [-0.4, -0.2) is 0 Å². The van der Waals surface area contributed by atoms with Crippen LogP contribution in [0.5, 0.6) is 0 Å². The molecule has 1 heterocycles. The van der Waals surface area contributed by atoms with Crippen molar-refractivity contribution in [3.8, 4) is 0 Å². The molecule has 2 N–H and O–H groups in total. The standard InChI is InChI=1S/C9H13Br2NS.ClH/c1-2-3-4-7(12)8-5-6(10)9(11)13-8;/h5,7H,2-4,12H2,1H3;1H/t7-;/m1./s1. The molecule has 0 amide bonds. The van der Waals surface area contributed by atoms with Gasteiger partial charge in [0.25, 0.3) is 0 Å². The Hall–Kier alpha value is 0.910. The Morgan fingerprint density at radius 1 is 1.50 bits per heavy atom. The fraction of sp³-hybridized carbons (Fsp3) is 0.556. The minimum Gasteiger partial charge on any atom is -0.323 e. The van der Waals surface area contributed by atoms with Crippen LogP contribution in [-0.2, 0) is 0 Å². The third-order valence-corrected chi connectivity index (χ3v) is 5.29. The molecule has 0 saturated heterocycles. The molecule has 1 nitrogen and oxygen atoms in total. The minimum atomic E-state index is 0. The summed E-state index contributed by atoms with van der Waals surface area (Å²) in [5, 5.41) is 0. The van der Waals surface area contributed by atoms with Gasteiger partial charge in [0.15, 0.2) is 0 Å². The third kappa shape index (κ3) is 4.19. The first kappa shape index (κ1) is 14.9. The molecule has 0 unspecified atom stereocenters. The summed E-state index contributed by atoms with van der Waals surface area (Å²) in [6.07, 6.45) is 3.49. The lowest BCUT2D eigenvalue weighted by Gasteiger charge is -2.07. The van der Waals surface area contributed by atoms with Crippen molar-refractivity contribution in [2.24, 2.45) is 5.73 Å². The highest BCUT2D eigenvalue weighted by molar-refractivity contribution is 9.13. The van der Waals surface area contributed by atoms with Gasteiger partial charge in [0, 0.05) is 15.4 Å². The predicted octanol–water partition coefficient (Wildman–Crippen LogP) is 4.88. The molecule has 1 rings (SSSR count). The van der Waals surface area contributed by atoms with Crippen LogP contribution in [0.1, 0.15) is 37.1 Å². The zero-order valence-electron chi connectivity index (χ0n) is 7.93. The molecule has 82 valence electrons. The third-order valence-electron chi connectivity index (χ3n) is 1.90. The molecule has 1 atom stereocenters. The fourth-order valence-electron chi connectivity index (χ4n) is 1.11. The Morgan fingerprint density at radius 2 is 2.14 bits per heavy atom. The van der Waals surface area contributed by atoms with E-state index in [9.17, 15) is 0 Å². The molecular formula is C9H14Br2ClNS. The zero-order valence-corrected chi connectivity index (χ0v) is 12.7. The van der Waals surface area contributed by atoms with E-state index >= 15 is 0 Å². The van der Waals surface area contributed by atoms with Crippen molar-refractivity contribution in [1.29, 1.82) is 0 Å². The maximum Gasteiger partial charge on any atom is 0.0843 e.